The second kappa shape index (κ2) is 4.22. The Morgan fingerprint density at radius 2 is 2.55 bits per heavy atom. The number of esters is 1. The quantitative estimate of drug-likeness (QED) is 0.409. The van der Waals surface area contributed by atoms with Gasteiger partial charge in [0.15, 0.2) is 0 Å². The van der Waals surface area contributed by atoms with Gasteiger partial charge in [0.05, 0.1) is 6.10 Å². The van der Waals surface area contributed by atoms with E-state index in [0.717, 1.165) is 0 Å². The summed E-state index contributed by atoms with van der Waals surface area (Å²) >= 11 is 1.94. The summed E-state index contributed by atoms with van der Waals surface area (Å²) in [5.41, 5.74) is 0. The van der Waals surface area contributed by atoms with Gasteiger partial charge in [0, 0.05) is 0 Å². The molecule has 0 saturated carbocycles. The van der Waals surface area contributed by atoms with E-state index < -0.39 is 12.1 Å². The number of hydrogen-bond acceptors (Lipinski definition) is 4. The third-order valence-corrected chi connectivity index (χ3v) is 1.95. The number of rotatable bonds is 2. The van der Waals surface area contributed by atoms with Crippen LogP contribution in [0.2, 0.25) is 0 Å². The van der Waals surface area contributed by atoms with E-state index in [1.165, 1.54) is 0 Å². The third kappa shape index (κ3) is 2.28. The summed E-state index contributed by atoms with van der Waals surface area (Å²) < 4.78 is 5.06. The van der Waals surface area contributed by atoms with Crippen molar-refractivity contribution in [3.63, 3.8) is 0 Å². The van der Waals surface area contributed by atoms with Crippen LogP contribution in [-0.4, -0.2) is 34.4 Å². The zero-order valence-corrected chi connectivity index (χ0v) is 8.08. The van der Waals surface area contributed by atoms with Crippen LogP contribution in [0.5, 0.6) is 0 Å². The first-order valence-electron chi connectivity index (χ1n) is 3.39. The summed E-state index contributed by atoms with van der Waals surface area (Å²) in [6.07, 6.45) is 0.0477. The molecule has 0 aromatic rings. The SMILES string of the molecule is O=C(OCI)[C@H]1NCC[C@H]1O. The van der Waals surface area contributed by atoms with E-state index in [1.54, 1.807) is 0 Å². The molecule has 0 aromatic carbocycles. The Morgan fingerprint density at radius 1 is 1.82 bits per heavy atom. The molecule has 64 valence electrons. The average Bonchev–Trinajstić information content (AvgIpc) is 2.36. The first-order chi connectivity index (χ1) is 5.25. The Morgan fingerprint density at radius 3 is 3.00 bits per heavy atom. The van der Waals surface area contributed by atoms with Crippen molar-refractivity contribution in [3.8, 4) is 0 Å². The maximum Gasteiger partial charge on any atom is 0.326 e. The Balaban J connectivity index is 2.39. The van der Waals surface area contributed by atoms with Crippen molar-refractivity contribution >= 4 is 28.6 Å². The van der Waals surface area contributed by atoms with Gasteiger partial charge in [-0.2, -0.15) is 0 Å². The molecule has 1 aliphatic heterocycles. The minimum absolute atomic E-state index is 0.335. The highest BCUT2D eigenvalue weighted by atomic mass is 127. The predicted octanol–water partition coefficient (Wildman–Crippen LogP) is -0.355. The summed E-state index contributed by atoms with van der Waals surface area (Å²) in [7, 11) is 0. The second-order valence-electron chi connectivity index (χ2n) is 2.36. The fraction of sp³-hybridized carbons (Fsp3) is 0.833. The molecular weight excluding hydrogens is 261 g/mol. The molecule has 0 unspecified atom stereocenters. The number of nitrogens with one attached hydrogen (secondary N) is 1. The molecule has 5 heteroatoms. The van der Waals surface area contributed by atoms with Crippen LogP contribution in [0.3, 0.4) is 0 Å². The summed E-state index contributed by atoms with van der Waals surface area (Å²) in [5, 5.41) is 12.1. The molecule has 11 heavy (non-hydrogen) atoms. The number of aliphatic hydroxyl groups is 1. The first kappa shape index (κ1) is 9.21. The number of ether oxygens (including phenoxy) is 1. The molecule has 2 N–H and O–H groups in total. The topological polar surface area (TPSA) is 58.6 Å². The number of carbonyl (C=O) groups is 1. The van der Waals surface area contributed by atoms with Crippen LogP contribution in [0.25, 0.3) is 0 Å². The smallest absolute Gasteiger partial charge is 0.326 e. The highest BCUT2D eigenvalue weighted by molar-refractivity contribution is 14.1. The summed E-state index contributed by atoms with van der Waals surface area (Å²) in [6, 6.07) is -0.509. The van der Waals surface area contributed by atoms with Crippen molar-refractivity contribution in [2.45, 2.75) is 18.6 Å². The maximum absolute atomic E-state index is 11.0. The average molecular weight is 271 g/mol. The van der Waals surface area contributed by atoms with Crippen LogP contribution in [0.4, 0.5) is 0 Å². The lowest BCUT2D eigenvalue weighted by molar-refractivity contribution is -0.145. The molecule has 1 rings (SSSR count). The molecule has 0 bridgehead atoms. The van der Waals surface area contributed by atoms with Crippen LogP contribution in [0.1, 0.15) is 6.42 Å². The summed E-state index contributed by atoms with van der Waals surface area (Å²) in [6.45, 7) is 0.683. The fourth-order valence-corrected chi connectivity index (χ4v) is 1.38. The molecule has 1 heterocycles. The van der Waals surface area contributed by atoms with Gasteiger partial charge in [0.2, 0.25) is 0 Å². The Kier molecular flexibility index (Phi) is 3.53. The maximum atomic E-state index is 11.0. The van der Waals surface area contributed by atoms with Crippen molar-refractivity contribution in [2.75, 3.05) is 11.2 Å². The molecule has 0 spiro atoms. The lowest BCUT2D eigenvalue weighted by Gasteiger charge is -2.11. The van der Waals surface area contributed by atoms with Gasteiger partial charge in [-0.3, -0.25) is 4.79 Å². The van der Waals surface area contributed by atoms with E-state index in [9.17, 15) is 9.90 Å². The molecule has 4 nitrogen and oxygen atoms in total. The monoisotopic (exact) mass is 271 g/mol. The van der Waals surface area contributed by atoms with Gasteiger partial charge in [-0.05, 0) is 35.6 Å². The Labute approximate surface area is 78.4 Å². The largest absolute Gasteiger partial charge is 0.454 e. The first-order valence-corrected chi connectivity index (χ1v) is 4.92. The third-order valence-electron chi connectivity index (χ3n) is 1.64. The van der Waals surface area contributed by atoms with E-state index in [4.69, 9.17) is 4.74 Å². The highest BCUT2D eigenvalue weighted by Crippen LogP contribution is 2.08. The summed E-state index contributed by atoms with van der Waals surface area (Å²) in [5.74, 6) is -0.357. The normalized spacial score (nSPS) is 30.4. The highest BCUT2D eigenvalue weighted by Gasteiger charge is 2.31. The second-order valence-corrected chi connectivity index (χ2v) is 2.98. The Bertz CT molecular complexity index is 153. The van der Waals surface area contributed by atoms with Gasteiger partial charge < -0.3 is 15.2 Å². The lowest BCUT2D eigenvalue weighted by atomic mass is 10.2. The van der Waals surface area contributed by atoms with Gasteiger partial charge in [-0.1, -0.05) is 0 Å². The molecular formula is C6H10INO3. The number of halogens is 1. The van der Waals surface area contributed by atoms with Crippen LogP contribution in [0.15, 0.2) is 0 Å². The van der Waals surface area contributed by atoms with Crippen molar-refractivity contribution in [2.24, 2.45) is 0 Å². The number of carbonyl (C=O) groups excluding carboxylic acids is 1. The van der Waals surface area contributed by atoms with Crippen LogP contribution >= 0.6 is 22.6 Å². The van der Waals surface area contributed by atoms with Crippen LogP contribution in [-0.2, 0) is 9.53 Å². The molecule has 0 radical (unpaired) electrons. The van der Waals surface area contributed by atoms with Gasteiger partial charge in [0.25, 0.3) is 0 Å². The zero-order valence-electron chi connectivity index (χ0n) is 5.92. The van der Waals surface area contributed by atoms with Gasteiger partial charge >= 0.3 is 5.97 Å². The van der Waals surface area contributed by atoms with Crippen molar-refractivity contribution in [3.05, 3.63) is 0 Å². The summed E-state index contributed by atoms with van der Waals surface area (Å²) in [4.78, 5) is 11.0. The standard InChI is InChI=1S/C6H10INO3/c7-3-11-6(10)5-4(9)1-2-8-5/h4-5,8-9H,1-3H2/t4-,5+/m1/s1. The molecule has 1 fully saturated rings. The number of hydrogen-bond donors (Lipinski definition) is 2. The minimum Gasteiger partial charge on any atom is -0.454 e. The molecule has 2 atom stereocenters. The predicted molar refractivity (Wildman–Crippen MR) is 47.4 cm³/mol. The van der Waals surface area contributed by atoms with E-state index in [1.807, 2.05) is 22.6 Å². The van der Waals surface area contributed by atoms with E-state index in [-0.39, 0.29) is 5.97 Å². The number of aliphatic hydroxyl groups excluding tert-OH is 1. The molecule has 0 aromatic heterocycles. The van der Waals surface area contributed by atoms with Gasteiger partial charge in [-0.15, -0.1) is 0 Å². The van der Waals surface area contributed by atoms with E-state index >= 15 is 0 Å². The molecule has 1 aliphatic rings. The van der Waals surface area contributed by atoms with Gasteiger partial charge in [0.1, 0.15) is 10.7 Å². The van der Waals surface area contributed by atoms with Gasteiger partial charge in [-0.25, -0.2) is 0 Å². The minimum atomic E-state index is -0.578. The molecule has 1 saturated heterocycles. The van der Waals surface area contributed by atoms with Crippen LogP contribution < -0.4 is 5.32 Å². The van der Waals surface area contributed by atoms with Crippen molar-refractivity contribution < 1.29 is 14.6 Å². The number of alkyl halides is 1. The lowest BCUT2D eigenvalue weighted by Crippen LogP contribution is -2.39. The van der Waals surface area contributed by atoms with E-state index in [2.05, 4.69) is 5.32 Å². The molecule has 0 aliphatic carbocycles. The Hall–Kier alpha value is 0.120. The van der Waals surface area contributed by atoms with E-state index in [0.29, 0.717) is 17.6 Å². The van der Waals surface area contributed by atoms with Crippen LogP contribution in [0, 0.1) is 0 Å². The fourth-order valence-electron chi connectivity index (χ4n) is 1.07. The zero-order chi connectivity index (χ0) is 8.27. The van der Waals surface area contributed by atoms with Crippen molar-refractivity contribution in [1.29, 1.82) is 0 Å². The van der Waals surface area contributed by atoms with Crippen molar-refractivity contribution in [1.82, 2.24) is 5.32 Å². The molecule has 0 amide bonds.